The topological polar surface area (TPSA) is 52.2 Å². The molecule has 5 nitrogen and oxygen atoms in total. The molecule has 1 atom stereocenters. The lowest BCUT2D eigenvalue weighted by Crippen LogP contribution is -2.56. The first-order chi connectivity index (χ1) is 11.3. The van der Waals surface area contributed by atoms with Crippen molar-refractivity contribution in [1.29, 1.82) is 0 Å². The number of carbonyl (C=O) groups is 1. The number of rotatable bonds is 2. The summed E-state index contributed by atoms with van der Waals surface area (Å²) in [4.78, 5) is 17.3. The van der Waals surface area contributed by atoms with Crippen LogP contribution in [0.15, 0.2) is 36.4 Å². The van der Waals surface area contributed by atoms with Gasteiger partial charge in [0, 0.05) is 31.2 Å². The summed E-state index contributed by atoms with van der Waals surface area (Å²) < 4.78 is 0. The lowest BCUT2D eigenvalue weighted by Gasteiger charge is -2.43. The second-order valence-corrected chi connectivity index (χ2v) is 6.47. The first-order valence-electron chi connectivity index (χ1n) is 8.45. The highest BCUT2D eigenvalue weighted by molar-refractivity contribution is 5.93. The Hall–Kier alpha value is -2.14. The fraction of sp³-hybridized carbons (Fsp3) is 0.444. The first-order valence-corrected chi connectivity index (χ1v) is 8.45. The van der Waals surface area contributed by atoms with Gasteiger partial charge in [-0.1, -0.05) is 36.8 Å². The van der Waals surface area contributed by atoms with Gasteiger partial charge in [-0.15, -0.1) is 0 Å². The van der Waals surface area contributed by atoms with Crippen molar-refractivity contribution in [1.82, 2.24) is 20.0 Å². The van der Waals surface area contributed by atoms with Crippen LogP contribution in [-0.2, 0) is 0 Å². The molecule has 0 unspecified atom stereocenters. The molecule has 2 aliphatic rings. The molecule has 0 aliphatic carbocycles. The van der Waals surface area contributed by atoms with E-state index >= 15 is 0 Å². The summed E-state index contributed by atoms with van der Waals surface area (Å²) in [6.45, 7) is 3.85. The number of nitrogens with one attached hydrogen (secondary N) is 1. The molecule has 2 aromatic rings. The van der Waals surface area contributed by atoms with Gasteiger partial charge in [0.2, 0.25) is 0 Å². The van der Waals surface area contributed by atoms with Gasteiger partial charge in [-0.25, -0.2) is 0 Å². The van der Waals surface area contributed by atoms with E-state index in [9.17, 15) is 4.79 Å². The molecule has 1 aromatic carbocycles. The molecule has 0 radical (unpaired) electrons. The van der Waals surface area contributed by atoms with E-state index in [1.807, 2.05) is 41.3 Å². The van der Waals surface area contributed by atoms with Crippen LogP contribution >= 0.6 is 0 Å². The number of carbonyl (C=O) groups excluding carboxylic acids is 1. The van der Waals surface area contributed by atoms with Gasteiger partial charge in [0.05, 0.1) is 5.69 Å². The normalized spacial score (nSPS) is 21.9. The summed E-state index contributed by atoms with van der Waals surface area (Å²) in [6, 6.07) is 12.4. The highest BCUT2D eigenvalue weighted by atomic mass is 16.2. The Labute approximate surface area is 136 Å². The average molecular weight is 310 g/mol. The Morgan fingerprint density at radius 1 is 1.13 bits per heavy atom. The number of H-pyrrole nitrogens is 1. The Morgan fingerprint density at radius 3 is 2.87 bits per heavy atom. The Balaban J connectivity index is 1.48. The smallest absolute Gasteiger partial charge is 0.271 e. The Bertz CT molecular complexity index is 681. The van der Waals surface area contributed by atoms with Crippen LogP contribution in [0.2, 0.25) is 0 Å². The van der Waals surface area contributed by atoms with Crippen LogP contribution in [0, 0.1) is 0 Å². The maximum absolute atomic E-state index is 12.8. The minimum atomic E-state index is 0.0740. The van der Waals surface area contributed by atoms with Crippen LogP contribution in [0.1, 0.15) is 29.8 Å². The number of hydrogen-bond acceptors (Lipinski definition) is 3. The van der Waals surface area contributed by atoms with Gasteiger partial charge in [0.15, 0.2) is 0 Å². The zero-order valence-corrected chi connectivity index (χ0v) is 13.2. The van der Waals surface area contributed by atoms with E-state index in [-0.39, 0.29) is 5.91 Å². The minimum absolute atomic E-state index is 0.0740. The molecule has 1 amide bonds. The second-order valence-electron chi connectivity index (χ2n) is 6.47. The summed E-state index contributed by atoms with van der Waals surface area (Å²) >= 11 is 0. The number of fused-ring (bicyclic) bond motifs is 1. The molecule has 23 heavy (non-hydrogen) atoms. The van der Waals surface area contributed by atoms with Gasteiger partial charge in [0.25, 0.3) is 5.91 Å². The monoisotopic (exact) mass is 310 g/mol. The third-order valence-electron chi connectivity index (χ3n) is 5.00. The summed E-state index contributed by atoms with van der Waals surface area (Å²) in [7, 11) is 0. The van der Waals surface area contributed by atoms with Crippen molar-refractivity contribution in [2.75, 3.05) is 26.2 Å². The molecule has 5 heteroatoms. The van der Waals surface area contributed by atoms with Crippen molar-refractivity contribution in [3.05, 3.63) is 42.1 Å². The third-order valence-corrected chi connectivity index (χ3v) is 5.00. The number of piperidine rings is 1. The maximum atomic E-state index is 12.8. The van der Waals surface area contributed by atoms with Gasteiger partial charge in [-0.3, -0.25) is 14.8 Å². The first kappa shape index (κ1) is 14.5. The highest BCUT2D eigenvalue weighted by Gasteiger charge is 2.31. The number of piperazine rings is 1. The minimum Gasteiger partial charge on any atom is -0.334 e. The summed E-state index contributed by atoms with van der Waals surface area (Å²) in [6.07, 6.45) is 3.79. The van der Waals surface area contributed by atoms with E-state index in [0.717, 1.165) is 30.9 Å². The van der Waals surface area contributed by atoms with Gasteiger partial charge < -0.3 is 4.90 Å². The number of benzene rings is 1. The molecule has 0 bridgehead atoms. The molecule has 2 saturated heterocycles. The van der Waals surface area contributed by atoms with E-state index in [2.05, 4.69) is 15.1 Å². The van der Waals surface area contributed by atoms with Crippen molar-refractivity contribution in [2.24, 2.45) is 0 Å². The van der Waals surface area contributed by atoms with Crippen molar-refractivity contribution in [3.63, 3.8) is 0 Å². The summed E-state index contributed by atoms with van der Waals surface area (Å²) in [5.41, 5.74) is 2.44. The maximum Gasteiger partial charge on any atom is 0.271 e. The summed E-state index contributed by atoms with van der Waals surface area (Å²) in [5, 5.41) is 7.22. The van der Waals surface area contributed by atoms with E-state index in [4.69, 9.17) is 0 Å². The standard InChI is InChI=1S/C18H22N4O/c23-18(22-11-10-21-9-5-4-8-15(21)13-22)17-12-16(19-20-17)14-6-2-1-3-7-14/h1-3,6-7,12,15H,4-5,8-11,13H2,(H,19,20)/t15-/m1/s1. The fourth-order valence-corrected chi connectivity index (χ4v) is 3.70. The van der Waals surface area contributed by atoms with Crippen molar-refractivity contribution in [3.8, 4) is 11.3 Å². The van der Waals surface area contributed by atoms with Crippen LogP contribution in [0.5, 0.6) is 0 Å². The largest absolute Gasteiger partial charge is 0.334 e. The van der Waals surface area contributed by atoms with Gasteiger partial charge in [-0.05, 0) is 25.5 Å². The van der Waals surface area contributed by atoms with Crippen molar-refractivity contribution >= 4 is 5.91 Å². The predicted molar refractivity (Wildman–Crippen MR) is 89.1 cm³/mol. The molecule has 2 aliphatic heterocycles. The summed E-state index contributed by atoms with van der Waals surface area (Å²) in [5.74, 6) is 0.0740. The fourth-order valence-electron chi connectivity index (χ4n) is 3.70. The van der Waals surface area contributed by atoms with Crippen molar-refractivity contribution in [2.45, 2.75) is 25.3 Å². The van der Waals surface area contributed by atoms with E-state index in [1.165, 1.54) is 25.8 Å². The number of hydrogen-bond donors (Lipinski definition) is 1. The Kier molecular flexibility index (Phi) is 3.87. The van der Waals surface area contributed by atoms with Crippen LogP contribution in [-0.4, -0.2) is 58.1 Å². The number of nitrogens with zero attached hydrogens (tertiary/aromatic N) is 3. The van der Waals surface area contributed by atoms with Gasteiger partial charge in [-0.2, -0.15) is 5.10 Å². The lowest BCUT2D eigenvalue weighted by molar-refractivity contribution is 0.0368. The van der Waals surface area contributed by atoms with Crippen LogP contribution in [0.3, 0.4) is 0 Å². The van der Waals surface area contributed by atoms with Crippen LogP contribution in [0.25, 0.3) is 11.3 Å². The number of aromatic amines is 1. The molecule has 1 N–H and O–H groups in total. The average Bonchev–Trinajstić information content (AvgIpc) is 3.11. The van der Waals surface area contributed by atoms with E-state index < -0.39 is 0 Å². The molecule has 2 fully saturated rings. The lowest BCUT2D eigenvalue weighted by atomic mass is 9.99. The molecule has 4 rings (SSSR count). The zero-order valence-electron chi connectivity index (χ0n) is 13.2. The van der Waals surface area contributed by atoms with Gasteiger partial charge in [0.1, 0.15) is 5.69 Å². The van der Waals surface area contributed by atoms with Crippen LogP contribution < -0.4 is 0 Å². The highest BCUT2D eigenvalue weighted by Crippen LogP contribution is 2.23. The molecule has 0 saturated carbocycles. The molecular formula is C18H22N4O. The molecular weight excluding hydrogens is 288 g/mol. The van der Waals surface area contributed by atoms with Crippen LogP contribution in [0.4, 0.5) is 0 Å². The van der Waals surface area contributed by atoms with Crippen molar-refractivity contribution < 1.29 is 4.79 Å². The molecule has 0 spiro atoms. The predicted octanol–water partition coefficient (Wildman–Crippen LogP) is 2.39. The quantitative estimate of drug-likeness (QED) is 0.926. The SMILES string of the molecule is O=C(c1cc(-c2ccccc2)n[nH]1)N1CCN2CCCC[C@@H]2C1. The van der Waals surface area contributed by atoms with Gasteiger partial charge >= 0.3 is 0 Å². The second kappa shape index (κ2) is 6.16. The van der Waals surface area contributed by atoms with E-state index in [1.54, 1.807) is 0 Å². The third kappa shape index (κ3) is 2.88. The Morgan fingerprint density at radius 2 is 2.00 bits per heavy atom. The molecule has 1 aromatic heterocycles. The van der Waals surface area contributed by atoms with E-state index in [0.29, 0.717) is 11.7 Å². The molecule has 120 valence electrons. The number of aromatic nitrogens is 2. The zero-order chi connectivity index (χ0) is 15.6. The molecule has 3 heterocycles. The number of amides is 1.